The fourth-order valence-electron chi connectivity index (χ4n) is 1.96. The predicted molar refractivity (Wildman–Crippen MR) is 55.3 cm³/mol. The maximum Gasteiger partial charge on any atom is 0.179 e. The van der Waals surface area contributed by atoms with Gasteiger partial charge >= 0.3 is 0 Å². The van der Waals surface area contributed by atoms with E-state index in [9.17, 15) is 4.79 Å². The van der Waals surface area contributed by atoms with Crippen molar-refractivity contribution in [2.45, 2.75) is 19.3 Å². The second kappa shape index (κ2) is 4.42. The van der Waals surface area contributed by atoms with Crippen molar-refractivity contribution in [1.82, 2.24) is 10.3 Å². The smallest absolute Gasteiger partial charge is 0.179 e. The number of carbonyl (C=O) groups is 1. The molecule has 1 saturated heterocycles. The highest BCUT2D eigenvalue weighted by molar-refractivity contribution is 5.94. The van der Waals surface area contributed by atoms with Crippen molar-refractivity contribution in [3.8, 4) is 0 Å². The van der Waals surface area contributed by atoms with Gasteiger partial charge in [-0.3, -0.25) is 4.79 Å². The molecule has 1 aliphatic heterocycles. The number of ketones is 1. The van der Waals surface area contributed by atoms with Crippen LogP contribution in [0.4, 0.5) is 0 Å². The Balaban J connectivity index is 1.87. The van der Waals surface area contributed by atoms with E-state index in [1.165, 1.54) is 0 Å². The molecule has 2 heterocycles. The number of aromatic nitrogens is 1. The highest BCUT2D eigenvalue weighted by atomic mass is 16.1. The zero-order chi connectivity index (χ0) is 9.80. The molecular formula is C11H16N2O. The van der Waals surface area contributed by atoms with Crippen molar-refractivity contribution < 1.29 is 4.79 Å². The number of H-pyrrole nitrogens is 1. The fourth-order valence-corrected chi connectivity index (χ4v) is 1.96. The van der Waals surface area contributed by atoms with E-state index in [-0.39, 0.29) is 5.78 Å². The predicted octanol–water partition coefficient (Wildman–Crippen LogP) is 1.59. The molecule has 2 N–H and O–H groups in total. The summed E-state index contributed by atoms with van der Waals surface area (Å²) in [4.78, 5) is 14.7. The summed E-state index contributed by atoms with van der Waals surface area (Å²) in [7, 11) is 0. The number of aromatic amines is 1. The van der Waals surface area contributed by atoms with Gasteiger partial charge < -0.3 is 10.3 Å². The van der Waals surface area contributed by atoms with E-state index in [1.54, 1.807) is 6.20 Å². The topological polar surface area (TPSA) is 44.9 Å². The minimum atomic E-state index is 0.252. The second-order valence-electron chi connectivity index (χ2n) is 3.90. The molecule has 0 saturated carbocycles. The minimum absolute atomic E-state index is 0.252. The maximum absolute atomic E-state index is 11.7. The molecule has 0 spiro atoms. The lowest BCUT2D eigenvalue weighted by atomic mass is 9.92. The van der Waals surface area contributed by atoms with E-state index in [0.717, 1.165) is 31.6 Å². The summed E-state index contributed by atoms with van der Waals surface area (Å²) < 4.78 is 0. The lowest BCUT2D eigenvalue weighted by molar-refractivity contribution is 0.0948. The fraction of sp³-hybridized carbons (Fsp3) is 0.545. The van der Waals surface area contributed by atoms with Crippen LogP contribution in [0.5, 0.6) is 0 Å². The number of nitrogens with one attached hydrogen (secondary N) is 2. The molecule has 0 aromatic carbocycles. The first kappa shape index (κ1) is 9.46. The Morgan fingerprint density at radius 2 is 2.21 bits per heavy atom. The van der Waals surface area contributed by atoms with Crippen LogP contribution < -0.4 is 5.32 Å². The van der Waals surface area contributed by atoms with Crippen LogP contribution in [0.25, 0.3) is 0 Å². The lowest BCUT2D eigenvalue weighted by Gasteiger charge is -2.21. The van der Waals surface area contributed by atoms with E-state index in [4.69, 9.17) is 0 Å². The van der Waals surface area contributed by atoms with E-state index >= 15 is 0 Å². The molecule has 1 aromatic rings. The average molecular weight is 192 g/mol. The third-order valence-corrected chi connectivity index (χ3v) is 2.83. The van der Waals surface area contributed by atoms with E-state index in [2.05, 4.69) is 10.3 Å². The molecule has 0 atom stereocenters. The number of hydrogen-bond donors (Lipinski definition) is 2. The summed E-state index contributed by atoms with van der Waals surface area (Å²) in [5, 5.41) is 3.30. The minimum Gasteiger partial charge on any atom is -0.359 e. The van der Waals surface area contributed by atoms with Crippen molar-refractivity contribution >= 4 is 5.78 Å². The summed E-state index contributed by atoms with van der Waals surface area (Å²) in [6.45, 7) is 2.12. The number of Topliss-reactive ketones (excluding diaryl/α,β-unsaturated/α-hetero) is 1. The first-order chi connectivity index (χ1) is 6.86. The van der Waals surface area contributed by atoms with Gasteiger partial charge in [0, 0.05) is 12.6 Å². The molecular weight excluding hydrogens is 176 g/mol. The Kier molecular flexibility index (Phi) is 2.99. The summed E-state index contributed by atoms with van der Waals surface area (Å²) in [5.74, 6) is 0.828. The van der Waals surface area contributed by atoms with Gasteiger partial charge in [-0.1, -0.05) is 0 Å². The van der Waals surface area contributed by atoms with Crippen LogP contribution in [0.3, 0.4) is 0 Å². The zero-order valence-electron chi connectivity index (χ0n) is 8.25. The van der Waals surface area contributed by atoms with E-state index in [0.29, 0.717) is 12.3 Å². The Bertz CT molecular complexity index is 286. The zero-order valence-corrected chi connectivity index (χ0v) is 8.25. The molecule has 3 heteroatoms. The third kappa shape index (κ3) is 2.23. The highest BCUT2D eigenvalue weighted by Gasteiger charge is 2.17. The molecule has 76 valence electrons. The first-order valence-corrected chi connectivity index (χ1v) is 5.23. The molecule has 0 unspecified atom stereocenters. The highest BCUT2D eigenvalue weighted by Crippen LogP contribution is 2.18. The Labute approximate surface area is 83.9 Å². The van der Waals surface area contributed by atoms with Crippen molar-refractivity contribution in [3.63, 3.8) is 0 Å². The van der Waals surface area contributed by atoms with Crippen molar-refractivity contribution in [2.24, 2.45) is 5.92 Å². The normalized spacial score (nSPS) is 18.3. The van der Waals surface area contributed by atoms with Gasteiger partial charge in [0.2, 0.25) is 0 Å². The van der Waals surface area contributed by atoms with E-state index < -0.39 is 0 Å². The molecule has 1 fully saturated rings. The van der Waals surface area contributed by atoms with Crippen molar-refractivity contribution in [3.05, 3.63) is 24.0 Å². The quantitative estimate of drug-likeness (QED) is 0.714. The number of hydrogen-bond acceptors (Lipinski definition) is 2. The van der Waals surface area contributed by atoms with Gasteiger partial charge in [-0.2, -0.15) is 0 Å². The van der Waals surface area contributed by atoms with Crippen LogP contribution in [-0.2, 0) is 0 Å². The van der Waals surface area contributed by atoms with Crippen molar-refractivity contribution in [1.29, 1.82) is 0 Å². The monoisotopic (exact) mass is 192 g/mol. The Morgan fingerprint density at radius 3 is 2.86 bits per heavy atom. The molecule has 0 aliphatic carbocycles. The standard InChI is InChI=1S/C11H16N2O/c14-11(10-2-1-5-13-10)8-9-3-6-12-7-4-9/h1-2,5,9,12-13H,3-4,6-8H2. The van der Waals surface area contributed by atoms with Gasteiger partial charge in [0.05, 0.1) is 5.69 Å². The molecule has 0 amide bonds. The number of rotatable bonds is 3. The lowest BCUT2D eigenvalue weighted by Crippen LogP contribution is -2.28. The van der Waals surface area contributed by atoms with Crippen LogP contribution in [0.2, 0.25) is 0 Å². The second-order valence-corrected chi connectivity index (χ2v) is 3.90. The Hall–Kier alpha value is -1.09. The average Bonchev–Trinajstić information content (AvgIpc) is 2.72. The van der Waals surface area contributed by atoms with Gasteiger partial charge in [-0.05, 0) is 44.0 Å². The number of carbonyl (C=O) groups excluding carboxylic acids is 1. The van der Waals surface area contributed by atoms with Gasteiger partial charge in [0.1, 0.15) is 0 Å². The molecule has 1 aromatic heterocycles. The van der Waals surface area contributed by atoms with Gasteiger partial charge in [0.15, 0.2) is 5.78 Å². The maximum atomic E-state index is 11.7. The SMILES string of the molecule is O=C(CC1CCNCC1)c1ccc[nH]1. The largest absolute Gasteiger partial charge is 0.359 e. The van der Waals surface area contributed by atoms with Crippen LogP contribution in [-0.4, -0.2) is 23.9 Å². The number of piperidine rings is 1. The van der Waals surface area contributed by atoms with E-state index in [1.807, 2.05) is 12.1 Å². The molecule has 0 bridgehead atoms. The summed E-state index contributed by atoms with van der Waals surface area (Å²) in [5.41, 5.74) is 0.753. The van der Waals surface area contributed by atoms with Crippen LogP contribution >= 0.6 is 0 Å². The van der Waals surface area contributed by atoms with Gasteiger partial charge in [-0.25, -0.2) is 0 Å². The molecule has 2 rings (SSSR count). The molecule has 1 aliphatic rings. The van der Waals surface area contributed by atoms with Crippen LogP contribution in [0.15, 0.2) is 18.3 Å². The molecule has 14 heavy (non-hydrogen) atoms. The molecule has 3 nitrogen and oxygen atoms in total. The van der Waals surface area contributed by atoms with Crippen molar-refractivity contribution in [2.75, 3.05) is 13.1 Å². The van der Waals surface area contributed by atoms with Gasteiger partial charge in [0.25, 0.3) is 0 Å². The molecule has 0 radical (unpaired) electrons. The summed E-state index contributed by atoms with van der Waals surface area (Å²) in [6, 6.07) is 3.72. The third-order valence-electron chi connectivity index (χ3n) is 2.83. The summed E-state index contributed by atoms with van der Waals surface area (Å²) in [6.07, 6.45) is 4.76. The van der Waals surface area contributed by atoms with Crippen LogP contribution in [0, 0.1) is 5.92 Å². The van der Waals surface area contributed by atoms with Crippen LogP contribution in [0.1, 0.15) is 29.8 Å². The summed E-state index contributed by atoms with van der Waals surface area (Å²) >= 11 is 0. The van der Waals surface area contributed by atoms with Gasteiger partial charge in [-0.15, -0.1) is 0 Å². The first-order valence-electron chi connectivity index (χ1n) is 5.23. The Morgan fingerprint density at radius 1 is 1.43 bits per heavy atom.